The molecule has 0 unspecified atom stereocenters. The van der Waals surface area contributed by atoms with Gasteiger partial charge in [0.1, 0.15) is 10.7 Å². The fourth-order valence-electron chi connectivity index (χ4n) is 5.02. The minimum absolute atomic E-state index is 0.0346. The lowest BCUT2D eigenvalue weighted by Gasteiger charge is -2.31. The Balaban J connectivity index is 1.11. The summed E-state index contributed by atoms with van der Waals surface area (Å²) in [6.45, 7) is 3.64. The van der Waals surface area contributed by atoms with Crippen molar-refractivity contribution in [1.82, 2.24) is 29.6 Å². The van der Waals surface area contributed by atoms with Crippen molar-refractivity contribution in [2.45, 2.75) is 37.1 Å². The number of hydrogen-bond donors (Lipinski definition) is 0. The maximum atomic E-state index is 13.2. The van der Waals surface area contributed by atoms with Crippen LogP contribution in [0.1, 0.15) is 39.5 Å². The van der Waals surface area contributed by atoms with Gasteiger partial charge in [0.25, 0.3) is 5.91 Å². The number of piperidine rings is 1. The highest BCUT2D eigenvalue weighted by Gasteiger charge is 2.25. The van der Waals surface area contributed by atoms with Crippen LogP contribution < -0.4 is 0 Å². The molecule has 202 valence electrons. The largest absolute Gasteiger partial charge is 0.337 e. The molecule has 1 aliphatic rings. The Bertz CT molecular complexity index is 1560. The number of aryl methyl sites for hydroxylation is 1. The lowest BCUT2D eigenvalue weighted by atomic mass is 9.90. The van der Waals surface area contributed by atoms with Crippen LogP contribution in [0.4, 0.5) is 0 Å². The van der Waals surface area contributed by atoms with Crippen LogP contribution in [0.5, 0.6) is 0 Å². The van der Waals surface area contributed by atoms with Crippen LogP contribution in [-0.2, 0) is 12.2 Å². The van der Waals surface area contributed by atoms with Gasteiger partial charge in [-0.25, -0.2) is 4.98 Å². The molecular weight excluding hydrogens is 537 g/mol. The summed E-state index contributed by atoms with van der Waals surface area (Å²) in [4.78, 5) is 24.1. The van der Waals surface area contributed by atoms with Crippen LogP contribution in [0.15, 0.2) is 89.7 Å². The topological polar surface area (TPSA) is 76.8 Å². The predicted octanol–water partition coefficient (Wildman–Crippen LogP) is 6.48. The van der Waals surface area contributed by atoms with E-state index in [1.807, 2.05) is 22.4 Å². The Labute approximate surface area is 242 Å². The van der Waals surface area contributed by atoms with E-state index >= 15 is 0 Å². The van der Waals surface area contributed by atoms with Gasteiger partial charge in [0, 0.05) is 42.1 Å². The van der Waals surface area contributed by atoms with Crippen LogP contribution >= 0.6 is 23.1 Å². The van der Waals surface area contributed by atoms with Crippen molar-refractivity contribution in [3.63, 3.8) is 0 Å². The molecule has 0 saturated carbocycles. The molecule has 1 aliphatic heterocycles. The fraction of sp³-hybridized carbons (Fsp3) is 0.258. The zero-order valence-corrected chi connectivity index (χ0v) is 23.9. The Kier molecular flexibility index (Phi) is 8.02. The maximum Gasteiger partial charge on any atom is 0.273 e. The summed E-state index contributed by atoms with van der Waals surface area (Å²) >= 11 is 3.09. The summed E-state index contributed by atoms with van der Waals surface area (Å²) in [5, 5.41) is 12.6. The highest BCUT2D eigenvalue weighted by atomic mass is 32.2. The van der Waals surface area contributed by atoms with Gasteiger partial charge in [0.2, 0.25) is 0 Å². The van der Waals surface area contributed by atoms with Crippen LogP contribution in [0.3, 0.4) is 0 Å². The molecule has 7 nitrogen and oxygen atoms in total. The van der Waals surface area contributed by atoms with E-state index < -0.39 is 0 Å². The minimum atomic E-state index is 0.0346. The highest BCUT2D eigenvalue weighted by Crippen LogP contribution is 2.31. The summed E-state index contributed by atoms with van der Waals surface area (Å²) < 4.78 is 2.06. The molecule has 3 aromatic heterocycles. The quantitative estimate of drug-likeness (QED) is 0.200. The van der Waals surface area contributed by atoms with Crippen LogP contribution in [-0.4, -0.2) is 48.6 Å². The van der Waals surface area contributed by atoms with Crippen molar-refractivity contribution in [2.24, 2.45) is 5.92 Å². The smallest absolute Gasteiger partial charge is 0.273 e. The first-order valence-electron chi connectivity index (χ1n) is 13.5. The molecule has 9 heteroatoms. The molecule has 0 N–H and O–H groups in total. The van der Waals surface area contributed by atoms with Gasteiger partial charge in [-0.3, -0.25) is 14.3 Å². The minimum Gasteiger partial charge on any atom is -0.337 e. The lowest BCUT2D eigenvalue weighted by molar-refractivity contribution is 0.0685. The summed E-state index contributed by atoms with van der Waals surface area (Å²) in [6.07, 6.45) is 6.69. The Hall–Kier alpha value is -3.82. The standard InChI is InChI=1S/C31H30N6OS2/c1-22-9-11-26(12-10-22)37-29(25-8-5-15-32-19-25)34-35-31(37)40-21-28-33-27(20-39-28)30(38)36-16-13-24(14-17-36)18-23-6-3-2-4-7-23/h2-12,15,19-20,24H,13-14,16-18,21H2,1H3. The van der Waals surface area contributed by atoms with Gasteiger partial charge in [0.05, 0.1) is 5.75 Å². The molecule has 1 fully saturated rings. The van der Waals surface area contributed by atoms with E-state index in [0.29, 0.717) is 17.4 Å². The number of hydrogen-bond acceptors (Lipinski definition) is 7. The van der Waals surface area contributed by atoms with E-state index in [0.717, 1.165) is 59.6 Å². The van der Waals surface area contributed by atoms with Crippen LogP contribution in [0.2, 0.25) is 0 Å². The molecule has 2 aromatic carbocycles. The molecule has 0 atom stereocenters. The average Bonchev–Trinajstić information content (AvgIpc) is 3.65. The fourth-order valence-corrected chi connectivity index (χ4v) is 6.76. The third kappa shape index (κ3) is 6.00. The van der Waals surface area contributed by atoms with E-state index in [2.05, 4.69) is 81.3 Å². The first-order chi connectivity index (χ1) is 19.6. The zero-order valence-electron chi connectivity index (χ0n) is 22.3. The number of aromatic nitrogens is 5. The molecule has 0 aliphatic carbocycles. The summed E-state index contributed by atoms with van der Waals surface area (Å²) in [5.41, 5.74) is 4.99. The van der Waals surface area contributed by atoms with E-state index in [-0.39, 0.29) is 5.91 Å². The van der Waals surface area contributed by atoms with Crippen molar-refractivity contribution in [2.75, 3.05) is 13.1 Å². The Morgan fingerprint density at radius 2 is 1.80 bits per heavy atom. The molecule has 1 amide bonds. The number of rotatable bonds is 8. The van der Waals surface area contributed by atoms with E-state index in [4.69, 9.17) is 4.98 Å². The van der Waals surface area contributed by atoms with Crippen molar-refractivity contribution < 1.29 is 4.79 Å². The van der Waals surface area contributed by atoms with Gasteiger partial charge >= 0.3 is 0 Å². The number of amides is 1. The van der Waals surface area contributed by atoms with Crippen molar-refractivity contribution in [1.29, 1.82) is 0 Å². The SMILES string of the molecule is Cc1ccc(-n2c(SCc3nc(C(=O)N4CCC(Cc5ccccc5)CC4)cs3)nnc2-c2cccnc2)cc1. The number of thiazole rings is 1. The summed E-state index contributed by atoms with van der Waals surface area (Å²) in [5.74, 6) is 2.00. The monoisotopic (exact) mass is 566 g/mol. The molecule has 4 heterocycles. The zero-order chi connectivity index (χ0) is 27.3. The van der Waals surface area contributed by atoms with Crippen molar-refractivity contribution in [3.05, 3.63) is 106 Å². The van der Waals surface area contributed by atoms with Gasteiger partial charge in [-0.1, -0.05) is 59.8 Å². The number of nitrogens with zero attached hydrogens (tertiary/aromatic N) is 6. The van der Waals surface area contributed by atoms with Gasteiger partial charge in [-0.05, 0) is 61.9 Å². The second-order valence-corrected chi connectivity index (χ2v) is 11.9. The third-order valence-electron chi connectivity index (χ3n) is 7.21. The van der Waals surface area contributed by atoms with E-state index in [1.165, 1.54) is 22.5 Å². The van der Waals surface area contributed by atoms with Crippen molar-refractivity contribution in [3.8, 4) is 17.1 Å². The summed E-state index contributed by atoms with van der Waals surface area (Å²) in [7, 11) is 0. The number of pyridine rings is 1. The van der Waals surface area contributed by atoms with E-state index in [1.54, 1.807) is 24.2 Å². The number of carbonyl (C=O) groups is 1. The molecule has 0 bridgehead atoms. The number of thioether (sulfide) groups is 1. The highest BCUT2D eigenvalue weighted by molar-refractivity contribution is 7.98. The molecule has 1 saturated heterocycles. The lowest BCUT2D eigenvalue weighted by Crippen LogP contribution is -2.39. The normalized spacial score (nSPS) is 14.0. The predicted molar refractivity (Wildman–Crippen MR) is 160 cm³/mol. The van der Waals surface area contributed by atoms with Crippen molar-refractivity contribution >= 4 is 29.0 Å². The van der Waals surface area contributed by atoms with Crippen LogP contribution in [0.25, 0.3) is 17.1 Å². The summed E-state index contributed by atoms with van der Waals surface area (Å²) in [6, 6.07) is 22.8. The molecule has 5 aromatic rings. The molecule has 0 radical (unpaired) electrons. The first kappa shape index (κ1) is 26.4. The Morgan fingerprint density at radius 1 is 1.00 bits per heavy atom. The first-order valence-corrected chi connectivity index (χ1v) is 15.3. The van der Waals surface area contributed by atoms with Gasteiger partial charge < -0.3 is 4.90 Å². The Morgan fingerprint density at radius 3 is 2.55 bits per heavy atom. The molecule has 40 heavy (non-hydrogen) atoms. The number of benzene rings is 2. The molecular formula is C31H30N6OS2. The van der Waals surface area contributed by atoms with E-state index in [9.17, 15) is 4.79 Å². The van der Waals surface area contributed by atoms with Gasteiger partial charge in [-0.15, -0.1) is 21.5 Å². The molecule has 6 rings (SSSR count). The van der Waals surface area contributed by atoms with Gasteiger partial charge in [-0.2, -0.15) is 0 Å². The number of carbonyl (C=O) groups excluding carboxylic acids is 1. The third-order valence-corrected chi connectivity index (χ3v) is 9.18. The maximum absolute atomic E-state index is 13.2. The second-order valence-electron chi connectivity index (χ2n) is 10.1. The van der Waals surface area contributed by atoms with Crippen LogP contribution in [0, 0.1) is 12.8 Å². The average molecular weight is 567 g/mol. The second kappa shape index (κ2) is 12.1. The van der Waals surface area contributed by atoms with Gasteiger partial charge in [0.15, 0.2) is 11.0 Å². The molecule has 0 spiro atoms. The number of likely N-dealkylation sites (tertiary alicyclic amines) is 1.